The van der Waals surface area contributed by atoms with Crippen LogP contribution < -0.4 is 10.7 Å². The fourth-order valence-electron chi connectivity index (χ4n) is 9.52. The monoisotopic (exact) mass is 898 g/mol. The number of esters is 1. The number of pyridine rings is 1. The van der Waals surface area contributed by atoms with Crippen LogP contribution in [0.15, 0.2) is 41.9 Å². The fourth-order valence-corrected chi connectivity index (χ4v) is 10.4. The number of hydrazine groups is 1. The van der Waals surface area contributed by atoms with Gasteiger partial charge in [0.05, 0.1) is 34.8 Å². The Morgan fingerprint density at radius 1 is 1.12 bits per heavy atom. The number of carbonyl (C=O) groups excluding carboxylic acids is 4. The average molecular weight is 899 g/mol. The van der Waals surface area contributed by atoms with Gasteiger partial charge in [-0.1, -0.05) is 40.7 Å². The van der Waals surface area contributed by atoms with E-state index in [1.54, 1.807) is 32.4 Å². The second kappa shape index (κ2) is 19.7. The summed E-state index contributed by atoms with van der Waals surface area (Å²) in [7, 11) is 5.02. The molecule has 4 aromatic rings. The van der Waals surface area contributed by atoms with Crippen molar-refractivity contribution in [3.05, 3.63) is 58.2 Å². The van der Waals surface area contributed by atoms with Crippen molar-refractivity contribution in [1.29, 1.82) is 0 Å². The normalized spacial score (nSPS) is 20.9. The van der Waals surface area contributed by atoms with Crippen LogP contribution in [0.4, 0.5) is 4.79 Å². The number of nitrogens with zero attached hydrogens (tertiary/aromatic N) is 6. The number of ether oxygens (including phenoxy) is 3. The number of likely N-dealkylation sites (N-methyl/N-ethyl adjacent to an activating group) is 1. The number of amides is 4. The Hall–Kier alpha value is -4.90. The van der Waals surface area contributed by atoms with Crippen LogP contribution in [0.3, 0.4) is 0 Å². The molecule has 16 heteroatoms. The lowest BCUT2D eigenvalue weighted by atomic mass is 9.84. The van der Waals surface area contributed by atoms with Gasteiger partial charge in [0.15, 0.2) is 0 Å². The number of thiazole rings is 1. The van der Waals surface area contributed by atoms with Gasteiger partial charge in [-0.3, -0.25) is 24.4 Å². The third-order valence-electron chi connectivity index (χ3n) is 13.2. The molecule has 346 valence electrons. The van der Waals surface area contributed by atoms with Gasteiger partial charge in [-0.05, 0) is 80.7 Å². The number of carbonyl (C=O) groups is 4. The Morgan fingerprint density at radius 3 is 2.59 bits per heavy atom. The number of benzene rings is 1. The van der Waals surface area contributed by atoms with E-state index in [-0.39, 0.29) is 31.1 Å². The van der Waals surface area contributed by atoms with Crippen molar-refractivity contribution in [2.75, 3.05) is 54.1 Å². The van der Waals surface area contributed by atoms with Crippen molar-refractivity contribution in [2.45, 2.75) is 105 Å². The second-order valence-electron chi connectivity index (χ2n) is 19.0. The van der Waals surface area contributed by atoms with Crippen molar-refractivity contribution in [3.63, 3.8) is 0 Å². The second-order valence-corrected chi connectivity index (χ2v) is 19.9. The summed E-state index contributed by atoms with van der Waals surface area (Å²) in [6.45, 7) is 17.2. The first-order valence-electron chi connectivity index (χ1n) is 22.7. The molecule has 6 heterocycles. The smallest absolute Gasteiger partial charge is 0.324 e. The van der Waals surface area contributed by atoms with E-state index in [0.29, 0.717) is 68.9 Å². The molecule has 15 nitrogen and oxygen atoms in total. The SMILES string of the molecule is CCn1c(-c2cccnc2[C@H](C)OC)c2c3cc(ccc31)-c1csc(n1)C[C@H](NC(=O)[C@H](C(C)C)N(C)C(=O)N1CC([C@H](C)COC)C1)C(=O)N1CCC[C@H](N1)C(=O)OCC(C)(C)C2. The lowest BCUT2D eigenvalue weighted by molar-refractivity contribution is -0.155. The van der Waals surface area contributed by atoms with Gasteiger partial charge in [0.1, 0.15) is 18.1 Å². The van der Waals surface area contributed by atoms with E-state index in [1.807, 2.05) is 32.2 Å². The maximum absolute atomic E-state index is 14.6. The summed E-state index contributed by atoms with van der Waals surface area (Å²) in [6, 6.07) is 7.57. The third kappa shape index (κ3) is 9.70. The van der Waals surface area contributed by atoms with E-state index >= 15 is 0 Å². The van der Waals surface area contributed by atoms with Gasteiger partial charge in [0, 0.05) is 99.5 Å². The minimum Gasteiger partial charge on any atom is -0.464 e. The van der Waals surface area contributed by atoms with Crippen molar-refractivity contribution in [1.82, 2.24) is 40.1 Å². The topological polar surface area (TPSA) is 160 Å². The number of rotatable bonds is 11. The molecule has 4 amide bonds. The van der Waals surface area contributed by atoms with E-state index < -0.39 is 41.3 Å². The van der Waals surface area contributed by atoms with Crippen LogP contribution in [-0.4, -0.2) is 125 Å². The predicted molar refractivity (Wildman–Crippen MR) is 247 cm³/mol. The molecule has 0 unspecified atom stereocenters. The molecule has 64 heavy (non-hydrogen) atoms. The quantitative estimate of drug-likeness (QED) is 0.159. The van der Waals surface area contributed by atoms with Gasteiger partial charge in [-0.15, -0.1) is 11.3 Å². The van der Waals surface area contributed by atoms with Crippen molar-refractivity contribution in [3.8, 4) is 22.5 Å². The zero-order valence-corrected chi connectivity index (χ0v) is 39.9. The molecule has 6 bridgehead atoms. The van der Waals surface area contributed by atoms with Crippen LogP contribution in [0.1, 0.15) is 83.7 Å². The maximum Gasteiger partial charge on any atom is 0.324 e. The minimum absolute atomic E-state index is 0.107. The Morgan fingerprint density at radius 2 is 1.89 bits per heavy atom. The van der Waals surface area contributed by atoms with E-state index in [4.69, 9.17) is 24.2 Å². The summed E-state index contributed by atoms with van der Waals surface area (Å²) >= 11 is 1.43. The Bertz CT molecular complexity index is 2340. The zero-order chi connectivity index (χ0) is 46.0. The highest BCUT2D eigenvalue weighted by molar-refractivity contribution is 7.10. The highest BCUT2D eigenvalue weighted by Crippen LogP contribution is 2.42. The Balaban J connectivity index is 1.25. The summed E-state index contributed by atoms with van der Waals surface area (Å²) in [5, 5.41) is 8.21. The molecule has 3 aromatic heterocycles. The number of likely N-dealkylation sites (tertiary alicyclic amines) is 1. The van der Waals surface area contributed by atoms with E-state index in [0.717, 1.165) is 44.7 Å². The summed E-state index contributed by atoms with van der Waals surface area (Å²) in [5.41, 5.74) is 9.38. The molecule has 3 aliphatic heterocycles. The number of fused-ring (bicyclic) bond motifs is 6. The molecule has 0 radical (unpaired) electrons. The molecule has 7 rings (SSSR count). The maximum atomic E-state index is 14.6. The molecule has 2 saturated heterocycles. The molecular weight excluding hydrogens is 833 g/mol. The predicted octanol–water partition coefficient (Wildman–Crippen LogP) is 6.49. The van der Waals surface area contributed by atoms with Gasteiger partial charge in [0.25, 0.3) is 5.91 Å². The standard InChI is InChI=1S/C48H66N8O7S/c1-11-55-39-17-16-31-20-34(39)35(43(55)33-14-12-18-49-41(33)30(5)62-10)22-48(6,7)27-63-46(59)36-15-13-19-56(52-36)45(58)37(21-40-50-38(31)26-64-40)51-44(57)42(28(2)3)53(8)47(60)54-23-32(24-54)29(4)25-61-9/h12,14,16-18,20,26,28-30,32,36-37,42,52H,11,13,15,19,21-25,27H2,1-10H3,(H,51,57)/t29-,30+,36+,37+,42+/m1/s1. The molecule has 0 saturated carbocycles. The van der Waals surface area contributed by atoms with Crippen molar-refractivity contribution in [2.24, 2.45) is 23.2 Å². The largest absolute Gasteiger partial charge is 0.464 e. The van der Waals surface area contributed by atoms with E-state index in [1.165, 1.54) is 21.2 Å². The van der Waals surface area contributed by atoms with Crippen molar-refractivity contribution < 1.29 is 33.4 Å². The molecule has 2 fully saturated rings. The van der Waals surface area contributed by atoms with Gasteiger partial charge in [0.2, 0.25) is 5.91 Å². The van der Waals surface area contributed by atoms with Gasteiger partial charge in [-0.2, -0.15) is 0 Å². The van der Waals surface area contributed by atoms with Crippen molar-refractivity contribution >= 4 is 46.1 Å². The van der Waals surface area contributed by atoms with Gasteiger partial charge < -0.3 is 33.9 Å². The van der Waals surface area contributed by atoms with Crippen LogP contribution in [-0.2, 0) is 48.0 Å². The number of urea groups is 1. The first-order chi connectivity index (χ1) is 30.5. The number of nitrogens with one attached hydrogen (secondary N) is 2. The van der Waals surface area contributed by atoms with Crippen LogP contribution in [0.25, 0.3) is 33.4 Å². The number of aromatic nitrogens is 3. The van der Waals surface area contributed by atoms with E-state index in [2.05, 4.69) is 67.3 Å². The number of hydrogen-bond acceptors (Lipinski definition) is 11. The Kier molecular flexibility index (Phi) is 14.5. The fraction of sp³-hybridized carbons (Fsp3) is 0.583. The van der Waals surface area contributed by atoms with Gasteiger partial charge in [-0.25, -0.2) is 15.2 Å². The average Bonchev–Trinajstić information content (AvgIpc) is 3.85. The van der Waals surface area contributed by atoms with Crippen LogP contribution in [0, 0.1) is 23.2 Å². The highest BCUT2D eigenvalue weighted by atomic mass is 32.1. The number of methoxy groups -OCH3 is 2. The lowest BCUT2D eigenvalue weighted by Crippen LogP contribution is -2.63. The molecule has 5 atom stereocenters. The molecule has 0 aliphatic carbocycles. The summed E-state index contributed by atoms with van der Waals surface area (Å²) < 4.78 is 19.6. The third-order valence-corrected chi connectivity index (χ3v) is 14.1. The summed E-state index contributed by atoms with van der Waals surface area (Å²) in [6.07, 6.45) is 3.29. The number of aryl methyl sites for hydroxylation is 1. The zero-order valence-electron chi connectivity index (χ0n) is 39.1. The molecule has 2 N–H and O–H groups in total. The summed E-state index contributed by atoms with van der Waals surface area (Å²) in [4.78, 5) is 69.8. The van der Waals surface area contributed by atoms with E-state index in [9.17, 15) is 19.2 Å². The van der Waals surface area contributed by atoms with Gasteiger partial charge >= 0.3 is 12.0 Å². The number of cyclic esters (lactones) is 1. The molecule has 0 spiro atoms. The lowest BCUT2D eigenvalue weighted by Gasteiger charge is -2.45. The van der Waals surface area contributed by atoms with Crippen LogP contribution in [0.2, 0.25) is 0 Å². The van der Waals surface area contributed by atoms with Crippen LogP contribution in [0.5, 0.6) is 0 Å². The first-order valence-corrected chi connectivity index (χ1v) is 23.6. The Labute approximate surface area is 381 Å². The minimum atomic E-state index is -1.04. The molecule has 1 aromatic carbocycles. The molecular formula is C48H66N8O7S. The number of hydrogen-bond donors (Lipinski definition) is 2. The first kappa shape index (κ1) is 47.1. The summed E-state index contributed by atoms with van der Waals surface area (Å²) in [5.74, 6) is -0.896. The van der Waals surface area contributed by atoms with Crippen LogP contribution >= 0.6 is 11.3 Å². The molecule has 3 aliphatic rings. The highest BCUT2D eigenvalue weighted by Gasteiger charge is 2.41.